The minimum absolute atomic E-state index is 0.792. The average molecular weight is 257 g/mol. The Labute approximate surface area is 108 Å². The number of nitrogens with zero attached hydrogens (tertiary/aromatic N) is 2. The third-order valence-electron chi connectivity index (χ3n) is 2.52. The van der Waals surface area contributed by atoms with Gasteiger partial charge in [0.05, 0.1) is 12.3 Å². The zero-order valence-electron chi connectivity index (χ0n) is 11.0. The molecule has 0 aliphatic carbocycles. The standard InChI is InChI=1S/C12H23N3OS/c1-4-15(6-7-16-5-2)9-11-10-17-12(14-11)8-13-3/h10,13H,4-9H2,1-3H3. The van der Waals surface area contributed by atoms with E-state index in [0.717, 1.165) is 44.4 Å². The van der Waals surface area contributed by atoms with Gasteiger partial charge in [-0.2, -0.15) is 0 Å². The minimum atomic E-state index is 0.792. The van der Waals surface area contributed by atoms with Crippen LogP contribution < -0.4 is 5.32 Å². The van der Waals surface area contributed by atoms with Gasteiger partial charge in [-0.25, -0.2) is 4.98 Å². The van der Waals surface area contributed by atoms with Gasteiger partial charge in [-0.15, -0.1) is 11.3 Å². The van der Waals surface area contributed by atoms with E-state index in [0.29, 0.717) is 0 Å². The van der Waals surface area contributed by atoms with Gasteiger partial charge >= 0.3 is 0 Å². The van der Waals surface area contributed by atoms with Gasteiger partial charge in [-0.1, -0.05) is 6.92 Å². The van der Waals surface area contributed by atoms with Crippen LogP contribution in [0.15, 0.2) is 5.38 Å². The Morgan fingerprint density at radius 2 is 2.29 bits per heavy atom. The summed E-state index contributed by atoms with van der Waals surface area (Å²) in [4.78, 5) is 6.94. The smallest absolute Gasteiger partial charge is 0.107 e. The van der Waals surface area contributed by atoms with Crippen molar-refractivity contribution >= 4 is 11.3 Å². The predicted molar refractivity (Wildman–Crippen MR) is 72.3 cm³/mol. The molecule has 0 saturated carbocycles. The number of likely N-dealkylation sites (N-methyl/N-ethyl adjacent to an activating group) is 1. The number of thiazole rings is 1. The lowest BCUT2D eigenvalue weighted by Crippen LogP contribution is -2.27. The third kappa shape index (κ3) is 5.59. The SMILES string of the molecule is CCOCCN(CC)Cc1csc(CNC)n1. The highest BCUT2D eigenvalue weighted by atomic mass is 32.1. The van der Waals surface area contributed by atoms with Gasteiger partial charge in [0, 0.05) is 31.6 Å². The Morgan fingerprint density at radius 3 is 2.94 bits per heavy atom. The highest BCUT2D eigenvalue weighted by Gasteiger charge is 2.07. The fraction of sp³-hybridized carbons (Fsp3) is 0.750. The van der Waals surface area contributed by atoms with E-state index in [1.807, 2.05) is 14.0 Å². The number of nitrogens with one attached hydrogen (secondary N) is 1. The van der Waals surface area contributed by atoms with Crippen molar-refractivity contribution in [2.45, 2.75) is 26.9 Å². The molecule has 1 rings (SSSR count). The van der Waals surface area contributed by atoms with Crippen molar-refractivity contribution in [3.8, 4) is 0 Å². The first-order valence-corrected chi connectivity index (χ1v) is 7.06. The number of aromatic nitrogens is 1. The number of hydrogen-bond acceptors (Lipinski definition) is 5. The molecule has 0 amide bonds. The highest BCUT2D eigenvalue weighted by molar-refractivity contribution is 7.09. The minimum Gasteiger partial charge on any atom is -0.380 e. The Morgan fingerprint density at radius 1 is 1.47 bits per heavy atom. The van der Waals surface area contributed by atoms with Gasteiger partial charge in [0.25, 0.3) is 0 Å². The van der Waals surface area contributed by atoms with Crippen LogP contribution in [0.25, 0.3) is 0 Å². The van der Waals surface area contributed by atoms with Crippen molar-refractivity contribution in [1.82, 2.24) is 15.2 Å². The fourth-order valence-electron chi connectivity index (χ4n) is 1.57. The summed E-state index contributed by atoms with van der Waals surface area (Å²) in [6.45, 7) is 9.58. The summed E-state index contributed by atoms with van der Waals surface area (Å²) in [6.07, 6.45) is 0. The summed E-state index contributed by atoms with van der Waals surface area (Å²) >= 11 is 1.72. The van der Waals surface area contributed by atoms with Gasteiger partial charge in [-0.3, -0.25) is 4.90 Å². The lowest BCUT2D eigenvalue weighted by atomic mass is 10.4. The van der Waals surface area contributed by atoms with E-state index < -0.39 is 0 Å². The van der Waals surface area contributed by atoms with Gasteiger partial charge in [0.1, 0.15) is 5.01 Å². The summed E-state index contributed by atoms with van der Waals surface area (Å²) in [6, 6.07) is 0. The third-order valence-corrected chi connectivity index (χ3v) is 3.41. The van der Waals surface area contributed by atoms with Gasteiger partial charge in [0.2, 0.25) is 0 Å². The number of rotatable bonds is 9. The monoisotopic (exact) mass is 257 g/mol. The molecule has 0 fully saturated rings. The molecule has 1 heterocycles. The molecule has 0 bridgehead atoms. The van der Waals surface area contributed by atoms with Crippen molar-refractivity contribution < 1.29 is 4.74 Å². The summed E-state index contributed by atoms with van der Waals surface area (Å²) in [5.74, 6) is 0. The van der Waals surface area contributed by atoms with E-state index in [1.165, 1.54) is 5.69 Å². The molecular weight excluding hydrogens is 234 g/mol. The molecule has 1 aromatic rings. The lowest BCUT2D eigenvalue weighted by Gasteiger charge is -2.18. The Bertz CT molecular complexity index is 304. The first-order chi connectivity index (χ1) is 8.30. The molecule has 1 N–H and O–H groups in total. The van der Waals surface area contributed by atoms with Crippen LogP contribution in [-0.4, -0.2) is 43.2 Å². The van der Waals surface area contributed by atoms with Gasteiger partial charge in [-0.05, 0) is 20.5 Å². The van der Waals surface area contributed by atoms with E-state index in [9.17, 15) is 0 Å². The van der Waals surface area contributed by atoms with E-state index in [4.69, 9.17) is 4.74 Å². The van der Waals surface area contributed by atoms with Crippen LogP contribution in [0.5, 0.6) is 0 Å². The molecule has 0 unspecified atom stereocenters. The summed E-state index contributed by atoms with van der Waals surface area (Å²) in [5, 5.41) is 6.43. The molecule has 98 valence electrons. The van der Waals surface area contributed by atoms with Crippen molar-refractivity contribution in [3.63, 3.8) is 0 Å². The second-order valence-electron chi connectivity index (χ2n) is 3.83. The van der Waals surface area contributed by atoms with Crippen LogP contribution in [0.2, 0.25) is 0 Å². The van der Waals surface area contributed by atoms with Crippen LogP contribution in [0, 0.1) is 0 Å². The Kier molecular flexibility index (Phi) is 7.35. The Hall–Kier alpha value is -0.490. The van der Waals surface area contributed by atoms with Crippen LogP contribution in [0.1, 0.15) is 24.5 Å². The van der Waals surface area contributed by atoms with Crippen molar-refractivity contribution in [2.24, 2.45) is 0 Å². The summed E-state index contributed by atoms with van der Waals surface area (Å²) in [7, 11) is 1.95. The number of hydrogen-bond donors (Lipinski definition) is 1. The highest BCUT2D eigenvalue weighted by Crippen LogP contribution is 2.11. The van der Waals surface area contributed by atoms with Crippen LogP contribution in [0.3, 0.4) is 0 Å². The van der Waals surface area contributed by atoms with E-state index in [-0.39, 0.29) is 0 Å². The summed E-state index contributed by atoms with van der Waals surface area (Å²) in [5.41, 5.74) is 1.17. The normalized spacial score (nSPS) is 11.3. The van der Waals surface area contributed by atoms with Crippen molar-refractivity contribution in [3.05, 3.63) is 16.1 Å². The van der Waals surface area contributed by atoms with Crippen LogP contribution >= 0.6 is 11.3 Å². The fourth-order valence-corrected chi connectivity index (χ4v) is 2.37. The number of ether oxygens (including phenoxy) is 1. The van der Waals surface area contributed by atoms with Crippen LogP contribution in [0.4, 0.5) is 0 Å². The largest absolute Gasteiger partial charge is 0.380 e. The zero-order chi connectivity index (χ0) is 12.5. The molecule has 0 spiro atoms. The molecule has 1 aromatic heterocycles. The van der Waals surface area contributed by atoms with Crippen LogP contribution in [-0.2, 0) is 17.8 Å². The molecule has 5 heteroatoms. The quantitative estimate of drug-likeness (QED) is 0.684. The van der Waals surface area contributed by atoms with Gasteiger partial charge < -0.3 is 10.1 Å². The van der Waals surface area contributed by atoms with E-state index >= 15 is 0 Å². The second-order valence-corrected chi connectivity index (χ2v) is 4.77. The molecule has 17 heavy (non-hydrogen) atoms. The maximum Gasteiger partial charge on any atom is 0.107 e. The average Bonchev–Trinajstić information content (AvgIpc) is 2.76. The zero-order valence-corrected chi connectivity index (χ0v) is 11.8. The maximum atomic E-state index is 5.38. The molecule has 0 aliphatic rings. The predicted octanol–water partition coefficient (Wildman–Crippen LogP) is 1.72. The lowest BCUT2D eigenvalue weighted by molar-refractivity contribution is 0.112. The van der Waals surface area contributed by atoms with E-state index in [1.54, 1.807) is 11.3 Å². The van der Waals surface area contributed by atoms with Crippen molar-refractivity contribution in [2.75, 3.05) is 33.4 Å². The first-order valence-electron chi connectivity index (χ1n) is 6.18. The Balaban J connectivity index is 2.37. The molecule has 4 nitrogen and oxygen atoms in total. The molecule has 0 aliphatic heterocycles. The van der Waals surface area contributed by atoms with E-state index in [2.05, 4.69) is 27.5 Å². The maximum absolute atomic E-state index is 5.38. The molecule has 0 saturated heterocycles. The molecular formula is C12H23N3OS. The van der Waals surface area contributed by atoms with Crippen molar-refractivity contribution in [1.29, 1.82) is 0 Å². The molecule has 0 aromatic carbocycles. The summed E-state index contributed by atoms with van der Waals surface area (Å²) < 4.78 is 5.38. The van der Waals surface area contributed by atoms with Gasteiger partial charge in [0.15, 0.2) is 0 Å². The second kappa shape index (κ2) is 8.58. The topological polar surface area (TPSA) is 37.4 Å². The molecule has 0 radical (unpaired) electrons. The molecule has 0 atom stereocenters. The first kappa shape index (κ1) is 14.6.